The van der Waals surface area contributed by atoms with Crippen LogP contribution in [0.25, 0.3) is 82.3 Å². The normalized spacial score (nSPS) is 13.8. The number of aryl methyl sites for hydroxylation is 5. The van der Waals surface area contributed by atoms with E-state index >= 15 is 0 Å². The average Bonchev–Trinajstić information content (AvgIpc) is 1.46. The Kier molecular flexibility index (Phi) is 15.4. The number of benzene rings is 10. The zero-order chi connectivity index (χ0) is 58.8. The molecule has 0 N–H and O–H groups in total. The van der Waals surface area contributed by atoms with Crippen molar-refractivity contribution in [2.24, 2.45) is 21.1 Å². The predicted molar refractivity (Wildman–Crippen MR) is 345 cm³/mol. The number of likely N-dealkylation sites (N-methyl/N-ethyl adjacent to an activating group) is 1. The summed E-state index contributed by atoms with van der Waals surface area (Å²) in [5, 5.41) is 7.17. The number of carbonyl (C=O) groups excluding carboxylic acids is 2. The molecule has 1 aliphatic carbocycles. The number of esters is 1. The molecule has 2 atom stereocenters. The molecule has 13 aromatic rings. The third-order valence-corrected chi connectivity index (χ3v) is 16.3. The van der Waals surface area contributed by atoms with E-state index in [1.807, 2.05) is 235 Å². The Balaban J connectivity index is 0.000000117. The Morgan fingerprint density at radius 2 is 0.940 bits per heavy atom. The van der Waals surface area contributed by atoms with E-state index in [-0.39, 0.29) is 34.6 Å². The molecule has 0 bridgehead atoms. The van der Waals surface area contributed by atoms with E-state index in [0.29, 0.717) is 11.3 Å². The average molecular weight is 1100 g/mol. The van der Waals surface area contributed by atoms with Gasteiger partial charge in [0.1, 0.15) is 12.8 Å². The molecule has 0 amide bonds. The van der Waals surface area contributed by atoms with Gasteiger partial charge >= 0.3 is 5.97 Å². The highest BCUT2D eigenvalue weighted by Gasteiger charge is 2.40. The van der Waals surface area contributed by atoms with Crippen LogP contribution in [-0.2, 0) is 21.1 Å². The number of hydrogen-bond acceptors (Lipinski definition) is 6. The number of rotatable bonds is 2. The first kappa shape index (κ1) is 55.2. The van der Waals surface area contributed by atoms with Gasteiger partial charge in [0.05, 0.1) is 50.4 Å². The van der Waals surface area contributed by atoms with Crippen molar-refractivity contribution in [1.82, 2.24) is 9.13 Å². The maximum Gasteiger partial charge on any atom is 0.345 e. The van der Waals surface area contributed by atoms with E-state index in [2.05, 4.69) is 74.9 Å². The standard InChI is InChI=1S/C23H20NO2.C18H13NO.C18H15NO.C14H11NO.C2H2/c1-15-9-8-10-16(2)22(15)26-23(25)21-17-11-4-6-13-19(17)24(3)20-14-7-5-12-18(20)21;1-19-16-9-5-4-8-14(16)18(20)15-10-12-6-2-3-7-13(12)11-17(15)19;1-19-15-9-5-4-8-14(15)18(20)17-13-7-3-2-6-12(13)10-11-16(17)19;1-15-12-8-4-2-6-10(12)14(16)11-7-3-5-9-13(11)15;1-2/h4-14H,1-3H3;2-11H,1H3;2-11,16-17H,1H3;2-9H,1H3;1-2H/q+1;;;;. The third-order valence-electron chi connectivity index (χ3n) is 16.3. The summed E-state index contributed by atoms with van der Waals surface area (Å²) in [6.45, 7) is 3.91. The second kappa shape index (κ2) is 23.4. The largest absolute Gasteiger partial charge is 0.422 e. The number of ether oxygens (including phenoxy) is 1. The second-order valence-corrected chi connectivity index (χ2v) is 21.1. The Bertz CT molecular complexity index is 4800. The number of fused-ring (bicyclic) bond motifs is 11. The molecule has 2 unspecified atom stereocenters. The molecule has 0 radical (unpaired) electrons. The number of terminal acetylenes is 1. The van der Waals surface area contributed by atoms with E-state index < -0.39 is 0 Å². The minimum absolute atomic E-state index is 0.0869. The van der Waals surface area contributed by atoms with Gasteiger partial charge in [-0.1, -0.05) is 152 Å². The SMILES string of the molecule is C#C.CN1c2ccccc2C(=O)C2c3ccccc3C=CC21.Cc1cccc(C)c1OC(=O)c1c2ccccc2[n+](C)c2ccccc12.Cn1c2ccccc2c(=O)c2cc3ccccc3cc21.Cn1c2ccccc2c(=O)c2ccccc21. The van der Waals surface area contributed by atoms with Crippen molar-refractivity contribution in [3.8, 4) is 18.6 Å². The fourth-order valence-corrected chi connectivity index (χ4v) is 12.1. The van der Waals surface area contributed by atoms with E-state index in [1.54, 1.807) is 0 Å². The molecular formula is C75H61N4O5+. The highest BCUT2D eigenvalue weighted by atomic mass is 16.5. The van der Waals surface area contributed by atoms with Gasteiger partial charge in [0.2, 0.25) is 11.0 Å². The first-order valence-electron chi connectivity index (χ1n) is 27.8. The van der Waals surface area contributed by atoms with Crippen molar-refractivity contribution in [3.63, 3.8) is 0 Å². The highest BCUT2D eigenvalue weighted by molar-refractivity contribution is 6.14. The smallest absolute Gasteiger partial charge is 0.345 e. The van der Waals surface area contributed by atoms with Gasteiger partial charge in [-0.25, -0.2) is 4.79 Å². The number of pyridine rings is 3. The Hall–Kier alpha value is -10.7. The van der Waals surface area contributed by atoms with Crippen molar-refractivity contribution in [1.29, 1.82) is 0 Å². The Labute approximate surface area is 487 Å². The van der Waals surface area contributed by atoms with Crippen LogP contribution < -0.4 is 25.1 Å². The number of carbonyl (C=O) groups is 2. The first-order chi connectivity index (χ1) is 40.9. The quantitative estimate of drug-likeness (QED) is 0.0563. The predicted octanol–water partition coefficient (Wildman–Crippen LogP) is 14.9. The fourth-order valence-electron chi connectivity index (χ4n) is 12.1. The summed E-state index contributed by atoms with van der Waals surface area (Å²) in [6.07, 6.45) is 12.3. The van der Waals surface area contributed by atoms with Crippen LogP contribution in [0.15, 0.2) is 240 Å². The van der Waals surface area contributed by atoms with E-state index in [4.69, 9.17) is 4.74 Å². The lowest BCUT2D eigenvalue weighted by atomic mass is 9.75. The number of para-hydroxylation sites is 7. The summed E-state index contributed by atoms with van der Waals surface area (Å²) < 4.78 is 12.1. The van der Waals surface area contributed by atoms with Crippen LogP contribution in [0.1, 0.15) is 48.9 Å². The van der Waals surface area contributed by atoms with Crippen molar-refractivity contribution < 1.29 is 18.9 Å². The van der Waals surface area contributed by atoms with Crippen LogP contribution in [0.4, 0.5) is 5.69 Å². The lowest BCUT2D eigenvalue weighted by Gasteiger charge is -2.41. The minimum Gasteiger partial charge on any atom is -0.422 e. The maximum atomic E-state index is 13.2. The summed E-state index contributed by atoms with van der Waals surface area (Å²) in [5.41, 5.74) is 12.8. The maximum absolute atomic E-state index is 13.2. The molecule has 3 aromatic heterocycles. The number of Topliss-reactive ketones (excluding diaryl/α,β-unsaturated/α-hetero) is 1. The summed E-state index contributed by atoms with van der Waals surface area (Å²) in [6, 6.07) is 73.4. The molecule has 410 valence electrons. The van der Waals surface area contributed by atoms with Gasteiger partial charge in [-0.15, -0.1) is 12.8 Å². The number of hydrogen-bond donors (Lipinski definition) is 0. The molecule has 2 aliphatic rings. The van der Waals surface area contributed by atoms with Crippen LogP contribution in [0.3, 0.4) is 0 Å². The molecular weight excluding hydrogens is 1040 g/mol. The van der Waals surface area contributed by atoms with Crippen LogP contribution in [0.2, 0.25) is 0 Å². The fraction of sp³-hybridized carbons (Fsp3) is 0.107. The van der Waals surface area contributed by atoms with Gasteiger partial charge in [0.25, 0.3) is 0 Å². The van der Waals surface area contributed by atoms with E-state index in [0.717, 1.165) is 110 Å². The molecule has 9 heteroatoms. The van der Waals surface area contributed by atoms with Gasteiger partial charge in [-0.3, -0.25) is 14.4 Å². The molecule has 10 aromatic carbocycles. The van der Waals surface area contributed by atoms with Crippen molar-refractivity contribution in [2.45, 2.75) is 25.8 Å². The number of nitrogens with zero attached hydrogens (tertiary/aromatic N) is 4. The van der Waals surface area contributed by atoms with E-state index in [9.17, 15) is 19.2 Å². The van der Waals surface area contributed by atoms with Crippen molar-refractivity contribution >= 4 is 99.7 Å². The van der Waals surface area contributed by atoms with Gasteiger partial charge in [0.15, 0.2) is 16.6 Å². The summed E-state index contributed by atoms with van der Waals surface area (Å²) in [5.74, 6) is 0.464. The molecule has 0 saturated heterocycles. The second-order valence-electron chi connectivity index (χ2n) is 21.1. The third kappa shape index (κ3) is 9.94. The number of anilines is 1. The topological polar surface area (TPSA) is 94.5 Å². The van der Waals surface area contributed by atoms with Gasteiger partial charge in [-0.2, -0.15) is 4.57 Å². The number of ketones is 1. The van der Waals surface area contributed by atoms with Crippen molar-refractivity contribution in [2.75, 3.05) is 11.9 Å². The minimum atomic E-state index is -0.324. The first-order valence-corrected chi connectivity index (χ1v) is 27.8. The van der Waals surface area contributed by atoms with E-state index in [1.165, 1.54) is 0 Å². The van der Waals surface area contributed by atoms with Crippen LogP contribution in [-0.4, -0.2) is 34.0 Å². The Morgan fingerprint density at radius 1 is 0.488 bits per heavy atom. The van der Waals surface area contributed by atoms with Crippen molar-refractivity contribution in [3.05, 3.63) is 284 Å². The summed E-state index contributed by atoms with van der Waals surface area (Å²) in [4.78, 5) is 53.2. The molecule has 1 aliphatic heterocycles. The lowest BCUT2D eigenvalue weighted by molar-refractivity contribution is -0.617. The van der Waals surface area contributed by atoms with Crippen LogP contribution in [0.5, 0.6) is 5.75 Å². The highest BCUT2D eigenvalue weighted by Crippen LogP contribution is 2.42. The molecule has 84 heavy (non-hydrogen) atoms. The molecule has 4 heterocycles. The van der Waals surface area contributed by atoms with Gasteiger partial charge < -0.3 is 18.8 Å². The zero-order valence-electron chi connectivity index (χ0n) is 47.7. The molecule has 0 saturated carbocycles. The van der Waals surface area contributed by atoms with Gasteiger partial charge in [-0.05, 0) is 120 Å². The molecule has 0 spiro atoms. The monoisotopic (exact) mass is 1100 g/mol. The zero-order valence-corrected chi connectivity index (χ0v) is 47.7. The molecule has 0 fully saturated rings. The lowest BCUT2D eigenvalue weighted by Crippen LogP contribution is -2.45. The van der Waals surface area contributed by atoms with Crippen LogP contribution in [0, 0.1) is 26.7 Å². The van der Waals surface area contributed by atoms with Gasteiger partial charge in [0, 0.05) is 66.1 Å². The molecule has 15 rings (SSSR count). The van der Waals surface area contributed by atoms with Crippen LogP contribution >= 0.6 is 0 Å². The molecule has 9 nitrogen and oxygen atoms in total. The number of aromatic nitrogens is 3. The Morgan fingerprint density at radius 3 is 1.52 bits per heavy atom. The summed E-state index contributed by atoms with van der Waals surface area (Å²) >= 11 is 0. The summed E-state index contributed by atoms with van der Waals surface area (Å²) in [7, 11) is 8.09.